The maximum Gasteiger partial charge on any atom is 0.243 e. The first-order valence-corrected chi connectivity index (χ1v) is 11.9. The summed E-state index contributed by atoms with van der Waals surface area (Å²) in [5.41, 5.74) is -0.826. The van der Waals surface area contributed by atoms with E-state index in [-0.39, 0.29) is 36.0 Å². The van der Waals surface area contributed by atoms with Gasteiger partial charge in [-0.15, -0.1) is 0 Å². The Bertz CT molecular complexity index is 692. The van der Waals surface area contributed by atoms with Crippen LogP contribution in [0.25, 0.3) is 0 Å². The van der Waals surface area contributed by atoms with E-state index in [9.17, 15) is 19.2 Å². The van der Waals surface area contributed by atoms with Crippen LogP contribution >= 0.6 is 0 Å². The van der Waals surface area contributed by atoms with E-state index < -0.39 is 23.7 Å². The highest BCUT2D eigenvalue weighted by Gasteiger charge is 2.50. The van der Waals surface area contributed by atoms with E-state index in [0.717, 1.165) is 19.3 Å². The Morgan fingerprint density at radius 1 is 1.16 bits per heavy atom. The van der Waals surface area contributed by atoms with E-state index in [0.29, 0.717) is 32.4 Å². The van der Waals surface area contributed by atoms with Crippen molar-refractivity contribution in [3.05, 3.63) is 0 Å². The first-order chi connectivity index (χ1) is 15.1. The molecule has 2 heterocycles. The number of nitrogens with one attached hydrogen (secondary N) is 3. The highest BCUT2D eigenvalue weighted by atomic mass is 16.6. The Morgan fingerprint density at radius 2 is 1.84 bits per heavy atom. The fourth-order valence-corrected chi connectivity index (χ4v) is 4.13. The second-order valence-electron chi connectivity index (χ2n) is 9.55. The smallest absolute Gasteiger partial charge is 0.243 e. The molecule has 4 atom stereocenters. The summed E-state index contributed by atoms with van der Waals surface area (Å²) < 4.78 is 5.30. The highest BCUT2D eigenvalue weighted by molar-refractivity contribution is 5.98. The molecule has 2 aliphatic heterocycles. The number of rotatable bonds is 13. The number of ether oxygens (including phenoxy) is 1. The number of likely N-dealkylation sites (N-methyl/N-ethyl adjacent to an activating group) is 1. The number of epoxide rings is 1. The Balaban J connectivity index is 2.08. The normalized spacial score (nSPS) is 24.2. The molecule has 3 amide bonds. The molecule has 0 aromatic heterocycles. The van der Waals surface area contributed by atoms with Crippen LogP contribution in [0.5, 0.6) is 0 Å². The number of carbonyl (C=O) groups excluding carboxylic acids is 4. The summed E-state index contributed by atoms with van der Waals surface area (Å²) in [7, 11) is 1.69. The number of carbonyl (C=O) groups is 4. The van der Waals surface area contributed by atoms with Crippen molar-refractivity contribution in [3.8, 4) is 0 Å². The van der Waals surface area contributed by atoms with Crippen molar-refractivity contribution >= 4 is 23.5 Å². The number of nitrogens with zero attached hydrogens (tertiary/aromatic N) is 1. The van der Waals surface area contributed by atoms with Gasteiger partial charge < -0.3 is 25.6 Å². The molecule has 2 rings (SSSR count). The molecule has 2 saturated heterocycles. The van der Waals surface area contributed by atoms with Crippen molar-refractivity contribution in [2.24, 2.45) is 5.92 Å². The standard InChI is InChI=1S/C23H40N4O5/c1-6-7-9-16(25-22(31)18-10-8-11-27(18)19(28)13-24-5)21(30)26-17(12-15(2)3)20(29)23(4)14-32-23/h15-18,24H,6-14H2,1-5H3,(H,25,31)(H,26,30)/t16-,17-,18-,23+/m0/s1. The molecule has 0 aliphatic carbocycles. The molecule has 2 aliphatic rings. The van der Waals surface area contributed by atoms with Gasteiger partial charge in [-0.25, -0.2) is 0 Å². The predicted molar refractivity (Wildman–Crippen MR) is 121 cm³/mol. The predicted octanol–water partition coefficient (Wildman–Crippen LogP) is 0.761. The highest BCUT2D eigenvalue weighted by Crippen LogP contribution is 2.29. The summed E-state index contributed by atoms with van der Waals surface area (Å²) in [4.78, 5) is 52.9. The topological polar surface area (TPSA) is 120 Å². The van der Waals surface area contributed by atoms with Gasteiger partial charge in [0.2, 0.25) is 17.7 Å². The number of unbranched alkanes of at least 4 members (excludes halogenated alkanes) is 1. The summed E-state index contributed by atoms with van der Waals surface area (Å²) in [5.74, 6) is -0.714. The van der Waals surface area contributed by atoms with Crippen molar-refractivity contribution < 1.29 is 23.9 Å². The molecule has 0 aromatic rings. The van der Waals surface area contributed by atoms with E-state index in [4.69, 9.17) is 4.74 Å². The molecule has 9 heteroatoms. The molecular formula is C23H40N4O5. The SMILES string of the molecule is CCCC[C@H](NC(=O)[C@@H]1CCCN1C(=O)CNC)C(=O)N[C@@H](CC(C)C)C(=O)[C@@]1(C)CO1. The quantitative estimate of drug-likeness (QED) is 0.355. The summed E-state index contributed by atoms with van der Waals surface area (Å²) in [6, 6.07) is -1.98. The molecule has 0 saturated carbocycles. The van der Waals surface area contributed by atoms with Crippen molar-refractivity contribution in [1.82, 2.24) is 20.9 Å². The minimum absolute atomic E-state index is 0.125. The zero-order chi connectivity index (χ0) is 23.9. The number of Topliss-reactive ketones (excluding diaryl/α,β-unsaturated/α-hetero) is 1. The number of likely N-dealkylation sites (tertiary alicyclic amines) is 1. The average Bonchev–Trinajstić information content (AvgIpc) is 3.29. The summed E-state index contributed by atoms with van der Waals surface area (Å²) in [6.45, 7) is 8.82. The van der Waals surface area contributed by atoms with Crippen molar-refractivity contribution in [2.75, 3.05) is 26.7 Å². The number of amides is 3. The largest absolute Gasteiger partial charge is 0.361 e. The molecule has 3 N–H and O–H groups in total. The van der Waals surface area contributed by atoms with E-state index >= 15 is 0 Å². The first kappa shape index (κ1) is 26.3. The van der Waals surface area contributed by atoms with Crippen LogP contribution in [0, 0.1) is 5.92 Å². The molecule has 32 heavy (non-hydrogen) atoms. The Labute approximate surface area is 191 Å². The molecule has 9 nitrogen and oxygen atoms in total. The van der Waals surface area contributed by atoms with Crippen LogP contribution in [0.3, 0.4) is 0 Å². The van der Waals surface area contributed by atoms with Crippen LogP contribution in [0.1, 0.15) is 66.2 Å². The summed E-state index contributed by atoms with van der Waals surface area (Å²) in [6.07, 6.45) is 3.94. The average molecular weight is 453 g/mol. The first-order valence-electron chi connectivity index (χ1n) is 11.9. The lowest BCUT2D eigenvalue weighted by molar-refractivity contribution is -0.139. The second kappa shape index (κ2) is 11.7. The molecule has 2 fully saturated rings. The monoisotopic (exact) mass is 452 g/mol. The maximum absolute atomic E-state index is 13.2. The van der Waals surface area contributed by atoms with Gasteiger partial charge in [-0.05, 0) is 45.6 Å². The summed E-state index contributed by atoms with van der Waals surface area (Å²) in [5, 5.41) is 8.57. The van der Waals surface area contributed by atoms with Gasteiger partial charge in [0.1, 0.15) is 17.7 Å². The van der Waals surface area contributed by atoms with Crippen molar-refractivity contribution in [2.45, 2.75) is 89.9 Å². The van der Waals surface area contributed by atoms with E-state index in [1.807, 2.05) is 20.8 Å². The van der Waals surface area contributed by atoms with Gasteiger partial charge in [-0.1, -0.05) is 33.6 Å². The van der Waals surface area contributed by atoms with E-state index in [1.165, 1.54) is 0 Å². The Morgan fingerprint density at radius 3 is 2.41 bits per heavy atom. The zero-order valence-corrected chi connectivity index (χ0v) is 20.2. The lowest BCUT2D eigenvalue weighted by atomic mass is 9.93. The Hall–Kier alpha value is -2.00. The lowest BCUT2D eigenvalue weighted by Crippen LogP contribution is -2.56. The number of hydrogen-bond acceptors (Lipinski definition) is 6. The lowest BCUT2D eigenvalue weighted by Gasteiger charge is -2.28. The van der Waals surface area contributed by atoms with Gasteiger partial charge >= 0.3 is 0 Å². The van der Waals surface area contributed by atoms with Gasteiger partial charge in [-0.3, -0.25) is 19.2 Å². The molecule has 0 bridgehead atoms. The third kappa shape index (κ3) is 7.00. The van der Waals surface area contributed by atoms with Gasteiger partial charge in [0.25, 0.3) is 0 Å². The van der Waals surface area contributed by atoms with Crippen LogP contribution in [0.4, 0.5) is 0 Å². The van der Waals surface area contributed by atoms with Crippen LogP contribution in [0.2, 0.25) is 0 Å². The Kier molecular flexibility index (Phi) is 9.64. The minimum Gasteiger partial charge on any atom is -0.361 e. The van der Waals surface area contributed by atoms with Gasteiger partial charge in [0.05, 0.1) is 19.2 Å². The molecule has 0 spiro atoms. The zero-order valence-electron chi connectivity index (χ0n) is 20.2. The van der Waals surface area contributed by atoms with Crippen LogP contribution in [0.15, 0.2) is 0 Å². The fourth-order valence-electron chi connectivity index (χ4n) is 4.13. The molecule has 182 valence electrons. The minimum atomic E-state index is -0.826. The van der Waals surface area contributed by atoms with Crippen molar-refractivity contribution in [1.29, 1.82) is 0 Å². The third-order valence-electron chi connectivity index (χ3n) is 6.12. The van der Waals surface area contributed by atoms with Crippen LogP contribution in [-0.4, -0.2) is 78.9 Å². The van der Waals surface area contributed by atoms with Gasteiger partial charge in [0, 0.05) is 6.54 Å². The fraction of sp³-hybridized carbons (Fsp3) is 0.826. The van der Waals surface area contributed by atoms with Crippen LogP contribution < -0.4 is 16.0 Å². The van der Waals surface area contributed by atoms with Crippen molar-refractivity contribution in [3.63, 3.8) is 0 Å². The molecule has 0 unspecified atom stereocenters. The second-order valence-corrected chi connectivity index (χ2v) is 9.55. The number of hydrogen-bond donors (Lipinski definition) is 3. The van der Waals surface area contributed by atoms with Crippen LogP contribution in [-0.2, 0) is 23.9 Å². The third-order valence-corrected chi connectivity index (χ3v) is 6.12. The molecule has 0 aromatic carbocycles. The maximum atomic E-state index is 13.2. The molecular weight excluding hydrogens is 412 g/mol. The van der Waals surface area contributed by atoms with Gasteiger partial charge in [0.15, 0.2) is 5.78 Å². The molecule has 0 radical (unpaired) electrons. The van der Waals surface area contributed by atoms with E-state index in [1.54, 1.807) is 18.9 Å². The van der Waals surface area contributed by atoms with E-state index in [2.05, 4.69) is 16.0 Å². The summed E-state index contributed by atoms with van der Waals surface area (Å²) >= 11 is 0. The van der Waals surface area contributed by atoms with Gasteiger partial charge in [-0.2, -0.15) is 0 Å². The number of ketones is 1.